The number of rotatable bonds is 7. The standard InChI is InChI=1S/C13H21N5O/c1-4-14-11-9-18-7-6-15-13(18)12(17-11)16-8-10(3)19-5-2/h6-7,9-10,14H,4-5,8H2,1-3H3,(H,16,17). The highest BCUT2D eigenvalue weighted by molar-refractivity contribution is 5.65. The first kappa shape index (κ1) is 13.6. The van der Waals surface area contributed by atoms with E-state index in [1.54, 1.807) is 6.20 Å². The summed E-state index contributed by atoms with van der Waals surface area (Å²) in [4.78, 5) is 8.85. The Balaban J connectivity index is 2.17. The van der Waals surface area contributed by atoms with Crippen molar-refractivity contribution in [2.45, 2.75) is 26.9 Å². The topological polar surface area (TPSA) is 63.5 Å². The van der Waals surface area contributed by atoms with Gasteiger partial charge in [-0.1, -0.05) is 0 Å². The lowest BCUT2D eigenvalue weighted by molar-refractivity contribution is 0.0855. The number of ether oxygens (including phenoxy) is 1. The van der Waals surface area contributed by atoms with Crippen molar-refractivity contribution in [3.8, 4) is 0 Å². The third-order valence-electron chi connectivity index (χ3n) is 2.74. The van der Waals surface area contributed by atoms with Crippen molar-refractivity contribution in [1.29, 1.82) is 0 Å². The average Bonchev–Trinajstić information content (AvgIpc) is 2.85. The van der Waals surface area contributed by atoms with Gasteiger partial charge in [0.05, 0.1) is 12.3 Å². The number of hydrogen-bond donors (Lipinski definition) is 2. The Bertz CT molecular complexity index is 525. The molecule has 0 fully saturated rings. The second-order valence-corrected chi connectivity index (χ2v) is 4.31. The molecule has 0 amide bonds. The summed E-state index contributed by atoms with van der Waals surface area (Å²) < 4.78 is 7.46. The molecular formula is C13H21N5O. The molecule has 0 radical (unpaired) electrons. The van der Waals surface area contributed by atoms with Gasteiger partial charge in [-0.05, 0) is 20.8 Å². The van der Waals surface area contributed by atoms with E-state index >= 15 is 0 Å². The number of nitrogens with one attached hydrogen (secondary N) is 2. The van der Waals surface area contributed by atoms with Crippen molar-refractivity contribution in [3.63, 3.8) is 0 Å². The molecule has 0 bridgehead atoms. The van der Waals surface area contributed by atoms with E-state index in [2.05, 4.69) is 20.6 Å². The Morgan fingerprint density at radius 3 is 2.95 bits per heavy atom. The van der Waals surface area contributed by atoms with Gasteiger partial charge in [-0.2, -0.15) is 0 Å². The van der Waals surface area contributed by atoms with Crippen LogP contribution in [-0.4, -0.2) is 40.2 Å². The SMILES string of the molecule is CCNc1cn2ccnc2c(NCC(C)OCC)n1. The molecule has 0 aliphatic heterocycles. The number of fused-ring (bicyclic) bond motifs is 1. The summed E-state index contributed by atoms with van der Waals surface area (Å²) in [6.07, 6.45) is 5.76. The highest BCUT2D eigenvalue weighted by Crippen LogP contribution is 2.16. The zero-order valence-electron chi connectivity index (χ0n) is 11.7. The highest BCUT2D eigenvalue weighted by atomic mass is 16.5. The van der Waals surface area contributed by atoms with Gasteiger partial charge in [0, 0.05) is 32.1 Å². The van der Waals surface area contributed by atoms with Gasteiger partial charge in [0.25, 0.3) is 0 Å². The minimum absolute atomic E-state index is 0.143. The molecule has 104 valence electrons. The fourth-order valence-corrected chi connectivity index (χ4v) is 1.90. The van der Waals surface area contributed by atoms with E-state index in [0.717, 1.165) is 23.8 Å². The third-order valence-corrected chi connectivity index (χ3v) is 2.74. The summed E-state index contributed by atoms with van der Waals surface area (Å²) in [7, 11) is 0. The van der Waals surface area contributed by atoms with Crippen LogP contribution in [0.25, 0.3) is 5.65 Å². The monoisotopic (exact) mass is 263 g/mol. The Morgan fingerprint density at radius 2 is 2.21 bits per heavy atom. The van der Waals surface area contributed by atoms with Gasteiger partial charge in [-0.3, -0.25) is 0 Å². The minimum Gasteiger partial charge on any atom is -0.377 e. The maximum absolute atomic E-state index is 5.50. The number of imidazole rings is 1. The Labute approximate surface area is 113 Å². The van der Waals surface area contributed by atoms with Crippen LogP contribution in [0, 0.1) is 0 Å². The molecule has 0 aliphatic rings. The maximum atomic E-state index is 5.50. The van der Waals surface area contributed by atoms with E-state index in [1.807, 2.05) is 37.6 Å². The molecular weight excluding hydrogens is 242 g/mol. The van der Waals surface area contributed by atoms with Crippen LogP contribution in [0.2, 0.25) is 0 Å². The highest BCUT2D eigenvalue weighted by Gasteiger charge is 2.08. The zero-order valence-corrected chi connectivity index (χ0v) is 11.7. The normalized spacial score (nSPS) is 12.6. The van der Waals surface area contributed by atoms with Gasteiger partial charge in [-0.25, -0.2) is 9.97 Å². The summed E-state index contributed by atoms with van der Waals surface area (Å²) in [6.45, 7) is 8.33. The van der Waals surface area contributed by atoms with E-state index in [0.29, 0.717) is 13.2 Å². The van der Waals surface area contributed by atoms with Crippen molar-refractivity contribution in [3.05, 3.63) is 18.6 Å². The van der Waals surface area contributed by atoms with Gasteiger partial charge in [-0.15, -0.1) is 0 Å². The van der Waals surface area contributed by atoms with Crippen LogP contribution >= 0.6 is 0 Å². The molecule has 2 heterocycles. The van der Waals surface area contributed by atoms with Crippen molar-refractivity contribution in [2.24, 2.45) is 0 Å². The molecule has 2 rings (SSSR count). The molecule has 0 aromatic carbocycles. The molecule has 0 spiro atoms. The van der Waals surface area contributed by atoms with Gasteiger partial charge in [0.15, 0.2) is 11.5 Å². The van der Waals surface area contributed by atoms with Gasteiger partial charge < -0.3 is 19.8 Å². The molecule has 2 aromatic heterocycles. The zero-order chi connectivity index (χ0) is 13.7. The Hall–Kier alpha value is -1.82. The van der Waals surface area contributed by atoms with E-state index in [4.69, 9.17) is 4.74 Å². The third kappa shape index (κ3) is 3.35. The molecule has 19 heavy (non-hydrogen) atoms. The summed E-state index contributed by atoms with van der Waals surface area (Å²) in [6, 6.07) is 0. The smallest absolute Gasteiger partial charge is 0.180 e. The molecule has 0 saturated carbocycles. The van der Waals surface area contributed by atoms with Crippen LogP contribution in [0.3, 0.4) is 0 Å². The van der Waals surface area contributed by atoms with Crippen molar-refractivity contribution in [1.82, 2.24) is 14.4 Å². The molecule has 0 aliphatic carbocycles. The van der Waals surface area contributed by atoms with Crippen molar-refractivity contribution in [2.75, 3.05) is 30.3 Å². The van der Waals surface area contributed by atoms with Crippen LogP contribution in [0.1, 0.15) is 20.8 Å². The lowest BCUT2D eigenvalue weighted by Crippen LogP contribution is -2.21. The lowest BCUT2D eigenvalue weighted by Gasteiger charge is -2.14. The maximum Gasteiger partial charge on any atom is 0.180 e. The van der Waals surface area contributed by atoms with E-state index in [9.17, 15) is 0 Å². The fourth-order valence-electron chi connectivity index (χ4n) is 1.90. The summed E-state index contributed by atoms with van der Waals surface area (Å²) in [5.74, 6) is 1.61. The molecule has 1 atom stereocenters. The van der Waals surface area contributed by atoms with E-state index < -0.39 is 0 Å². The molecule has 2 N–H and O–H groups in total. The van der Waals surface area contributed by atoms with Crippen molar-refractivity contribution < 1.29 is 4.74 Å². The summed E-state index contributed by atoms with van der Waals surface area (Å²) >= 11 is 0. The molecule has 2 aromatic rings. The number of anilines is 2. The first-order valence-corrected chi connectivity index (χ1v) is 6.67. The van der Waals surface area contributed by atoms with Crippen LogP contribution in [-0.2, 0) is 4.74 Å². The van der Waals surface area contributed by atoms with Crippen LogP contribution < -0.4 is 10.6 Å². The molecule has 1 unspecified atom stereocenters. The van der Waals surface area contributed by atoms with E-state index in [1.165, 1.54) is 0 Å². The lowest BCUT2D eigenvalue weighted by atomic mass is 10.4. The second-order valence-electron chi connectivity index (χ2n) is 4.31. The van der Waals surface area contributed by atoms with Crippen LogP contribution in [0.4, 0.5) is 11.6 Å². The van der Waals surface area contributed by atoms with Gasteiger partial charge in [0.1, 0.15) is 5.82 Å². The largest absolute Gasteiger partial charge is 0.377 e. The van der Waals surface area contributed by atoms with Crippen LogP contribution in [0.15, 0.2) is 18.6 Å². The molecule has 6 heteroatoms. The predicted molar refractivity (Wildman–Crippen MR) is 76.7 cm³/mol. The number of aromatic nitrogens is 3. The second kappa shape index (κ2) is 6.38. The average molecular weight is 263 g/mol. The first-order valence-electron chi connectivity index (χ1n) is 6.67. The Morgan fingerprint density at radius 1 is 1.37 bits per heavy atom. The van der Waals surface area contributed by atoms with Gasteiger partial charge in [0.2, 0.25) is 0 Å². The predicted octanol–water partition coefficient (Wildman–Crippen LogP) is 2.00. The minimum atomic E-state index is 0.143. The Kier molecular flexibility index (Phi) is 4.57. The van der Waals surface area contributed by atoms with Gasteiger partial charge >= 0.3 is 0 Å². The van der Waals surface area contributed by atoms with Crippen molar-refractivity contribution >= 4 is 17.3 Å². The number of nitrogens with zero attached hydrogens (tertiary/aromatic N) is 3. The van der Waals surface area contributed by atoms with Crippen LogP contribution in [0.5, 0.6) is 0 Å². The fraction of sp³-hybridized carbons (Fsp3) is 0.538. The number of hydrogen-bond acceptors (Lipinski definition) is 5. The summed E-state index contributed by atoms with van der Waals surface area (Å²) in [5.41, 5.74) is 0.824. The summed E-state index contributed by atoms with van der Waals surface area (Å²) in [5, 5.41) is 6.51. The quantitative estimate of drug-likeness (QED) is 0.800. The first-order chi connectivity index (χ1) is 9.24. The van der Waals surface area contributed by atoms with E-state index in [-0.39, 0.29) is 6.10 Å². The molecule has 0 saturated heterocycles. The molecule has 6 nitrogen and oxygen atoms in total.